The second kappa shape index (κ2) is 9.24. The fourth-order valence-electron chi connectivity index (χ4n) is 3.62. The summed E-state index contributed by atoms with van der Waals surface area (Å²) in [6.45, 7) is 2.07. The molecule has 0 aromatic heterocycles. The average Bonchev–Trinajstić information content (AvgIpc) is 2.71. The van der Waals surface area contributed by atoms with E-state index < -0.39 is 17.8 Å². The van der Waals surface area contributed by atoms with E-state index in [2.05, 4.69) is 5.32 Å². The number of carbonyl (C=O) groups excluding carboxylic acids is 3. The molecule has 2 aliphatic rings. The summed E-state index contributed by atoms with van der Waals surface area (Å²) in [6, 6.07) is 5.95. The van der Waals surface area contributed by atoms with E-state index in [1.54, 1.807) is 18.2 Å². The lowest BCUT2D eigenvalue weighted by molar-refractivity contribution is -0.132. The second-order valence-electron chi connectivity index (χ2n) is 6.87. The molecule has 0 unspecified atom stereocenters. The van der Waals surface area contributed by atoms with Crippen LogP contribution in [0.25, 0.3) is 6.08 Å². The number of barbiturate groups is 1. The number of urea groups is 1. The van der Waals surface area contributed by atoms with Crippen LogP contribution in [0.2, 0.25) is 0 Å². The molecule has 1 saturated carbocycles. The van der Waals surface area contributed by atoms with E-state index in [-0.39, 0.29) is 18.2 Å². The third-order valence-electron chi connectivity index (χ3n) is 4.94. The summed E-state index contributed by atoms with van der Waals surface area (Å²) in [7, 11) is 0. The Labute approximate surface area is 169 Å². The van der Waals surface area contributed by atoms with Crippen molar-refractivity contribution in [3.63, 3.8) is 0 Å². The first-order valence-corrected chi connectivity index (χ1v) is 9.72. The molecule has 8 heteroatoms. The Bertz CT molecular complexity index is 881. The van der Waals surface area contributed by atoms with Crippen molar-refractivity contribution in [2.45, 2.75) is 45.1 Å². The number of rotatable bonds is 6. The second-order valence-corrected chi connectivity index (χ2v) is 6.87. The molecule has 3 rings (SSSR count). The van der Waals surface area contributed by atoms with Crippen LogP contribution in [0.15, 0.2) is 23.8 Å². The van der Waals surface area contributed by atoms with Crippen molar-refractivity contribution in [1.29, 1.82) is 5.26 Å². The van der Waals surface area contributed by atoms with E-state index in [9.17, 15) is 14.4 Å². The highest BCUT2D eigenvalue weighted by Gasteiger charge is 2.40. The molecule has 1 aliphatic carbocycles. The molecule has 1 aliphatic heterocycles. The highest BCUT2D eigenvalue weighted by molar-refractivity contribution is 6.31. The molecule has 4 amide bonds. The zero-order valence-corrected chi connectivity index (χ0v) is 16.3. The lowest BCUT2D eigenvalue weighted by atomic mass is 9.93. The normalized spacial score (nSPS) is 19.1. The lowest BCUT2D eigenvalue weighted by Crippen LogP contribution is -2.58. The summed E-state index contributed by atoms with van der Waals surface area (Å²) < 4.78 is 10.9. The molecule has 0 bridgehead atoms. The largest absolute Gasteiger partial charge is 0.490 e. The molecule has 1 aromatic carbocycles. The Balaban J connectivity index is 1.90. The van der Waals surface area contributed by atoms with Crippen LogP contribution in [0.4, 0.5) is 4.79 Å². The number of benzene rings is 1. The van der Waals surface area contributed by atoms with Crippen molar-refractivity contribution in [2.75, 3.05) is 13.2 Å². The summed E-state index contributed by atoms with van der Waals surface area (Å²) in [5.74, 6) is -0.488. The van der Waals surface area contributed by atoms with Crippen LogP contribution < -0.4 is 14.8 Å². The average molecular weight is 397 g/mol. The predicted octanol–water partition coefficient (Wildman–Crippen LogP) is 2.78. The minimum atomic E-state index is -0.713. The summed E-state index contributed by atoms with van der Waals surface area (Å²) >= 11 is 0. The molecule has 152 valence electrons. The minimum absolute atomic E-state index is 0.0942. The standard InChI is InChI=1S/C21H23N3O5/c1-2-28-18-13-14(8-9-17(18)29-11-10-22)12-16-19(25)23-21(27)24(20(16)26)15-6-4-3-5-7-15/h8-9,12-13,15H,2-7,11H2,1H3,(H,23,25,27). The zero-order chi connectivity index (χ0) is 20.8. The smallest absolute Gasteiger partial charge is 0.331 e. The van der Waals surface area contributed by atoms with E-state index >= 15 is 0 Å². The summed E-state index contributed by atoms with van der Waals surface area (Å²) in [5.41, 5.74) is 0.456. The van der Waals surface area contributed by atoms with Gasteiger partial charge in [-0.1, -0.05) is 25.3 Å². The number of hydrogen-bond donors (Lipinski definition) is 1. The van der Waals surface area contributed by atoms with Crippen LogP contribution in [-0.2, 0) is 9.59 Å². The Hall–Kier alpha value is -3.34. The number of imide groups is 2. The van der Waals surface area contributed by atoms with Crippen molar-refractivity contribution in [3.8, 4) is 17.6 Å². The van der Waals surface area contributed by atoms with Gasteiger partial charge < -0.3 is 9.47 Å². The van der Waals surface area contributed by atoms with Gasteiger partial charge in [-0.2, -0.15) is 5.26 Å². The first kappa shape index (κ1) is 20.4. The molecule has 0 spiro atoms. The number of hydrogen-bond acceptors (Lipinski definition) is 6. The van der Waals surface area contributed by atoms with Gasteiger partial charge in [-0.25, -0.2) is 4.79 Å². The van der Waals surface area contributed by atoms with E-state index in [4.69, 9.17) is 14.7 Å². The Morgan fingerprint density at radius 3 is 2.62 bits per heavy atom. The topological polar surface area (TPSA) is 109 Å². The number of ether oxygens (including phenoxy) is 2. The number of nitrogens with one attached hydrogen (secondary N) is 1. The highest BCUT2D eigenvalue weighted by atomic mass is 16.5. The van der Waals surface area contributed by atoms with Crippen molar-refractivity contribution >= 4 is 23.9 Å². The van der Waals surface area contributed by atoms with E-state index in [0.29, 0.717) is 23.7 Å². The van der Waals surface area contributed by atoms with Crippen LogP contribution in [0, 0.1) is 11.3 Å². The monoisotopic (exact) mass is 397 g/mol. The first-order chi connectivity index (χ1) is 14.0. The number of nitriles is 1. The maximum absolute atomic E-state index is 13.0. The lowest BCUT2D eigenvalue weighted by Gasteiger charge is -2.35. The fraction of sp³-hybridized carbons (Fsp3) is 0.429. The van der Waals surface area contributed by atoms with Gasteiger partial charge in [-0.05, 0) is 43.5 Å². The van der Waals surface area contributed by atoms with Crippen LogP contribution in [0.5, 0.6) is 11.5 Å². The summed E-state index contributed by atoms with van der Waals surface area (Å²) in [4.78, 5) is 38.7. The fourth-order valence-corrected chi connectivity index (χ4v) is 3.62. The molecular formula is C21H23N3O5. The van der Waals surface area contributed by atoms with Gasteiger partial charge in [0.2, 0.25) is 0 Å². The quantitative estimate of drug-likeness (QED) is 0.584. The molecule has 1 N–H and O–H groups in total. The SMILES string of the molecule is CCOc1cc(C=C2C(=O)NC(=O)N(C3CCCCC3)C2=O)ccc1OCC#N. The first-order valence-electron chi connectivity index (χ1n) is 9.72. The van der Waals surface area contributed by atoms with Gasteiger partial charge in [-0.3, -0.25) is 19.8 Å². The minimum Gasteiger partial charge on any atom is -0.490 e. The van der Waals surface area contributed by atoms with Crippen molar-refractivity contribution < 1.29 is 23.9 Å². The van der Waals surface area contributed by atoms with Gasteiger partial charge in [0.15, 0.2) is 18.1 Å². The van der Waals surface area contributed by atoms with Crippen molar-refractivity contribution in [2.24, 2.45) is 0 Å². The van der Waals surface area contributed by atoms with Crippen molar-refractivity contribution in [3.05, 3.63) is 29.3 Å². The number of amides is 4. The van der Waals surface area contributed by atoms with Gasteiger partial charge >= 0.3 is 6.03 Å². The molecule has 8 nitrogen and oxygen atoms in total. The Morgan fingerprint density at radius 1 is 1.17 bits per heavy atom. The van der Waals surface area contributed by atoms with E-state index in [1.165, 1.54) is 11.0 Å². The highest BCUT2D eigenvalue weighted by Crippen LogP contribution is 2.30. The molecule has 1 aromatic rings. The molecule has 0 atom stereocenters. The van der Waals surface area contributed by atoms with Gasteiger partial charge in [0.05, 0.1) is 6.61 Å². The Morgan fingerprint density at radius 2 is 1.93 bits per heavy atom. The molecule has 1 heterocycles. The van der Waals surface area contributed by atoms with Crippen LogP contribution in [0.3, 0.4) is 0 Å². The number of carbonyl (C=O) groups is 3. The maximum atomic E-state index is 13.0. The third-order valence-corrected chi connectivity index (χ3v) is 4.94. The van der Waals surface area contributed by atoms with Gasteiger partial charge in [-0.15, -0.1) is 0 Å². The van der Waals surface area contributed by atoms with Crippen LogP contribution >= 0.6 is 0 Å². The van der Waals surface area contributed by atoms with Gasteiger partial charge in [0.1, 0.15) is 11.6 Å². The molecule has 1 saturated heterocycles. The third kappa shape index (κ3) is 4.57. The summed E-state index contributed by atoms with van der Waals surface area (Å²) in [5, 5.41) is 11.0. The molecular weight excluding hydrogens is 374 g/mol. The van der Waals surface area contributed by atoms with Gasteiger partial charge in [0.25, 0.3) is 11.8 Å². The summed E-state index contributed by atoms with van der Waals surface area (Å²) in [6.07, 6.45) is 5.94. The molecule has 29 heavy (non-hydrogen) atoms. The number of nitrogens with zero attached hydrogens (tertiary/aromatic N) is 2. The maximum Gasteiger partial charge on any atom is 0.331 e. The van der Waals surface area contributed by atoms with Gasteiger partial charge in [0, 0.05) is 6.04 Å². The molecule has 0 radical (unpaired) electrons. The molecule has 2 fully saturated rings. The van der Waals surface area contributed by atoms with E-state index in [1.807, 2.05) is 13.0 Å². The van der Waals surface area contributed by atoms with Crippen LogP contribution in [0.1, 0.15) is 44.6 Å². The van der Waals surface area contributed by atoms with E-state index in [0.717, 1.165) is 32.1 Å². The Kier molecular flexibility index (Phi) is 6.50. The zero-order valence-electron chi connectivity index (χ0n) is 16.3. The van der Waals surface area contributed by atoms with Crippen molar-refractivity contribution in [1.82, 2.24) is 10.2 Å². The predicted molar refractivity (Wildman–Crippen MR) is 104 cm³/mol. The van der Waals surface area contributed by atoms with Crippen LogP contribution in [-0.4, -0.2) is 42.0 Å².